The summed E-state index contributed by atoms with van der Waals surface area (Å²) in [7, 11) is 1.27. The molecular weight excluding hydrogens is 455 g/mol. The van der Waals surface area contributed by atoms with E-state index in [0.717, 1.165) is 19.4 Å². The lowest BCUT2D eigenvalue weighted by atomic mass is 10.2. The van der Waals surface area contributed by atoms with Gasteiger partial charge < -0.3 is 15.4 Å². The largest absolute Gasteiger partial charge is 0.376 e. The predicted octanol–water partition coefficient (Wildman–Crippen LogP) is 1.40. The maximum Gasteiger partial charge on any atom is 0.242 e. The third-order valence-electron chi connectivity index (χ3n) is 3.92. The number of halogens is 1. The van der Waals surface area contributed by atoms with Crippen LogP contribution in [0.4, 0.5) is 0 Å². The minimum absolute atomic E-state index is 0. The fourth-order valence-electron chi connectivity index (χ4n) is 2.51. The number of nitrogens with one attached hydrogen (secondary N) is 2. The molecule has 0 aromatic heterocycles. The van der Waals surface area contributed by atoms with Crippen LogP contribution in [0.3, 0.4) is 0 Å². The van der Waals surface area contributed by atoms with Gasteiger partial charge in [-0.1, -0.05) is 18.2 Å². The predicted molar refractivity (Wildman–Crippen MR) is 110 cm³/mol. The number of benzene rings is 1. The first-order valence-corrected chi connectivity index (χ1v) is 9.45. The van der Waals surface area contributed by atoms with Crippen LogP contribution in [0, 0.1) is 0 Å². The molecule has 0 saturated carbocycles. The van der Waals surface area contributed by atoms with E-state index in [9.17, 15) is 8.42 Å². The number of rotatable bonds is 6. The fraction of sp³-hybridized carbons (Fsp3) is 0.562. The minimum Gasteiger partial charge on any atom is -0.376 e. The smallest absolute Gasteiger partial charge is 0.242 e. The molecule has 7 nitrogen and oxygen atoms in total. The van der Waals surface area contributed by atoms with Crippen molar-refractivity contribution in [3.8, 4) is 0 Å². The van der Waals surface area contributed by atoms with Crippen molar-refractivity contribution in [3.05, 3.63) is 29.8 Å². The van der Waals surface area contributed by atoms with Crippen LogP contribution in [0.15, 0.2) is 34.2 Å². The van der Waals surface area contributed by atoms with E-state index in [-0.39, 0.29) is 30.1 Å². The van der Waals surface area contributed by atoms with E-state index in [0.29, 0.717) is 29.5 Å². The van der Waals surface area contributed by atoms with E-state index in [4.69, 9.17) is 4.74 Å². The summed E-state index contributed by atoms with van der Waals surface area (Å²) in [6.45, 7) is 1.87. The van der Waals surface area contributed by atoms with Crippen molar-refractivity contribution in [2.75, 3.05) is 34.3 Å². The first-order valence-electron chi connectivity index (χ1n) is 8.01. The molecule has 1 aromatic rings. The molecule has 1 aliphatic rings. The topological polar surface area (TPSA) is 83.0 Å². The number of nitrogens with zero attached hydrogens (tertiary/aromatic N) is 2. The van der Waals surface area contributed by atoms with Crippen LogP contribution in [-0.2, 0) is 21.3 Å². The molecule has 25 heavy (non-hydrogen) atoms. The molecule has 1 saturated heterocycles. The Hall–Kier alpha value is -0.910. The monoisotopic (exact) mass is 482 g/mol. The Morgan fingerprint density at radius 1 is 1.32 bits per heavy atom. The average Bonchev–Trinajstić information content (AvgIpc) is 3.08. The first kappa shape index (κ1) is 22.1. The highest BCUT2D eigenvalue weighted by molar-refractivity contribution is 14.0. The zero-order valence-electron chi connectivity index (χ0n) is 14.9. The van der Waals surface area contributed by atoms with Crippen LogP contribution in [0.25, 0.3) is 0 Å². The third kappa shape index (κ3) is 6.08. The molecule has 9 heteroatoms. The maximum absolute atomic E-state index is 12.4. The molecule has 2 N–H and O–H groups in total. The second-order valence-electron chi connectivity index (χ2n) is 5.84. The quantitative estimate of drug-likeness (QED) is 0.364. The fourth-order valence-corrected chi connectivity index (χ4v) is 3.63. The Bertz CT molecular complexity index is 674. The molecule has 1 aliphatic heterocycles. The van der Waals surface area contributed by atoms with Gasteiger partial charge in [-0.15, -0.1) is 24.0 Å². The van der Waals surface area contributed by atoms with Gasteiger partial charge in [0.25, 0.3) is 0 Å². The zero-order valence-corrected chi connectivity index (χ0v) is 18.0. The van der Waals surface area contributed by atoms with Gasteiger partial charge >= 0.3 is 0 Å². The van der Waals surface area contributed by atoms with Gasteiger partial charge in [0.2, 0.25) is 10.0 Å². The molecule has 0 aliphatic carbocycles. The van der Waals surface area contributed by atoms with Crippen molar-refractivity contribution in [2.45, 2.75) is 30.4 Å². The lowest BCUT2D eigenvalue weighted by molar-refractivity contribution is 0.114. The molecule has 142 valence electrons. The van der Waals surface area contributed by atoms with E-state index in [1.165, 1.54) is 18.4 Å². The van der Waals surface area contributed by atoms with Gasteiger partial charge in [-0.05, 0) is 24.5 Å². The molecule has 0 spiro atoms. The van der Waals surface area contributed by atoms with Gasteiger partial charge in [0.1, 0.15) is 0 Å². The summed E-state index contributed by atoms with van der Waals surface area (Å²) in [6.07, 6.45) is 2.35. The van der Waals surface area contributed by atoms with Crippen LogP contribution >= 0.6 is 24.0 Å². The molecule has 1 aromatic carbocycles. The molecule has 1 atom stereocenters. The van der Waals surface area contributed by atoms with E-state index < -0.39 is 10.0 Å². The standard InChI is InChI=1S/C16H26N4O3S.HI/c1-17-16(19-12-14-8-6-10-23-14)18-11-13-7-4-5-9-15(13)24(21,22)20(2)3;/h4-5,7,9,14H,6,8,10-12H2,1-3H3,(H2,17,18,19);1H. The van der Waals surface area contributed by atoms with Gasteiger partial charge in [0.05, 0.1) is 11.0 Å². The van der Waals surface area contributed by atoms with Crippen molar-refractivity contribution in [1.82, 2.24) is 14.9 Å². The Balaban J connectivity index is 0.00000312. The van der Waals surface area contributed by atoms with E-state index in [1.54, 1.807) is 25.2 Å². The van der Waals surface area contributed by atoms with Crippen LogP contribution in [0.5, 0.6) is 0 Å². The lowest BCUT2D eigenvalue weighted by Gasteiger charge is -2.18. The lowest BCUT2D eigenvalue weighted by Crippen LogP contribution is -2.40. The van der Waals surface area contributed by atoms with E-state index in [2.05, 4.69) is 15.6 Å². The second-order valence-corrected chi connectivity index (χ2v) is 7.96. The summed E-state index contributed by atoms with van der Waals surface area (Å²) < 4.78 is 31.6. The van der Waals surface area contributed by atoms with Crippen molar-refractivity contribution in [1.29, 1.82) is 0 Å². The number of sulfonamides is 1. The van der Waals surface area contributed by atoms with E-state index in [1.807, 2.05) is 6.07 Å². The zero-order chi connectivity index (χ0) is 17.6. The number of hydrogen-bond donors (Lipinski definition) is 2. The normalized spacial score (nSPS) is 18.1. The maximum atomic E-state index is 12.4. The molecular formula is C16H27IN4O3S. The summed E-state index contributed by atoms with van der Waals surface area (Å²) in [5, 5.41) is 6.38. The number of aliphatic imine (C=N–C) groups is 1. The average molecular weight is 482 g/mol. The van der Waals surface area contributed by atoms with Crippen molar-refractivity contribution in [3.63, 3.8) is 0 Å². The molecule has 1 unspecified atom stereocenters. The number of guanidine groups is 1. The van der Waals surface area contributed by atoms with Gasteiger partial charge in [-0.2, -0.15) is 0 Å². The highest BCUT2D eigenvalue weighted by atomic mass is 127. The summed E-state index contributed by atoms with van der Waals surface area (Å²) in [4.78, 5) is 4.47. The van der Waals surface area contributed by atoms with Crippen LogP contribution in [0.2, 0.25) is 0 Å². The van der Waals surface area contributed by atoms with Gasteiger partial charge in [0.15, 0.2) is 5.96 Å². The van der Waals surface area contributed by atoms with Gasteiger partial charge in [-0.3, -0.25) is 4.99 Å². The Labute approximate surface area is 167 Å². The highest BCUT2D eigenvalue weighted by Crippen LogP contribution is 2.18. The molecule has 1 heterocycles. The summed E-state index contributed by atoms with van der Waals surface area (Å²) >= 11 is 0. The molecule has 1 fully saturated rings. The number of ether oxygens (including phenoxy) is 1. The summed E-state index contributed by atoms with van der Waals surface area (Å²) in [5.41, 5.74) is 0.700. The van der Waals surface area contributed by atoms with Crippen molar-refractivity contribution < 1.29 is 13.2 Å². The Morgan fingerprint density at radius 3 is 2.64 bits per heavy atom. The summed E-state index contributed by atoms with van der Waals surface area (Å²) in [5.74, 6) is 0.627. The highest BCUT2D eigenvalue weighted by Gasteiger charge is 2.21. The Morgan fingerprint density at radius 2 is 2.04 bits per heavy atom. The molecule has 0 radical (unpaired) electrons. The third-order valence-corrected chi connectivity index (χ3v) is 5.84. The van der Waals surface area contributed by atoms with Gasteiger partial charge in [0, 0.05) is 40.8 Å². The van der Waals surface area contributed by atoms with E-state index >= 15 is 0 Å². The SMILES string of the molecule is CN=C(NCc1ccccc1S(=O)(=O)N(C)C)NCC1CCCO1.I. The Kier molecular flexibility index (Phi) is 9.11. The van der Waals surface area contributed by atoms with Gasteiger partial charge in [-0.25, -0.2) is 12.7 Å². The van der Waals surface area contributed by atoms with Crippen LogP contribution in [0.1, 0.15) is 18.4 Å². The molecule has 0 amide bonds. The number of hydrogen-bond acceptors (Lipinski definition) is 4. The minimum atomic E-state index is -3.47. The summed E-state index contributed by atoms with van der Waals surface area (Å²) in [6, 6.07) is 6.98. The van der Waals surface area contributed by atoms with Crippen molar-refractivity contribution in [2.24, 2.45) is 4.99 Å². The first-order chi connectivity index (χ1) is 11.4. The van der Waals surface area contributed by atoms with Crippen molar-refractivity contribution >= 4 is 40.0 Å². The molecule has 0 bridgehead atoms. The molecule has 2 rings (SSSR count). The van der Waals surface area contributed by atoms with Crippen LogP contribution in [-0.4, -0.2) is 59.1 Å². The van der Waals surface area contributed by atoms with Crippen LogP contribution < -0.4 is 10.6 Å². The second kappa shape index (κ2) is 10.3.